The standard InChI is InChI=1S/C24H22N4O3S2/c1-14-4-5-16(11-25-14)23(30)26-12-18-7-9-22(33-18)21(29)13-32-24-19-10-17(31-3)6-8-20(19)27-15(2)28-24/h4-11H,12-13H2,1-3H3,(H,26,30). The van der Waals surface area contributed by atoms with Crippen LogP contribution in [0.5, 0.6) is 5.75 Å². The Morgan fingerprint density at radius 2 is 1.94 bits per heavy atom. The molecule has 0 saturated carbocycles. The molecule has 3 heterocycles. The molecule has 3 aromatic heterocycles. The van der Waals surface area contributed by atoms with Gasteiger partial charge in [0.15, 0.2) is 5.78 Å². The van der Waals surface area contributed by atoms with E-state index in [1.54, 1.807) is 31.5 Å². The van der Waals surface area contributed by atoms with E-state index in [2.05, 4.69) is 20.3 Å². The molecule has 0 radical (unpaired) electrons. The van der Waals surface area contributed by atoms with Crippen molar-refractivity contribution < 1.29 is 14.3 Å². The van der Waals surface area contributed by atoms with Crippen LogP contribution in [0.4, 0.5) is 0 Å². The molecule has 0 aliphatic rings. The van der Waals surface area contributed by atoms with Gasteiger partial charge < -0.3 is 10.1 Å². The highest BCUT2D eigenvalue weighted by Gasteiger charge is 2.14. The van der Waals surface area contributed by atoms with Crippen LogP contribution in [-0.4, -0.2) is 39.5 Å². The highest BCUT2D eigenvalue weighted by molar-refractivity contribution is 8.00. The molecule has 1 amide bonds. The number of thioether (sulfide) groups is 1. The van der Waals surface area contributed by atoms with Gasteiger partial charge >= 0.3 is 0 Å². The number of methoxy groups -OCH3 is 1. The Kier molecular flexibility index (Phi) is 7.00. The number of benzene rings is 1. The molecule has 33 heavy (non-hydrogen) atoms. The lowest BCUT2D eigenvalue weighted by molar-refractivity contribution is 0.0950. The van der Waals surface area contributed by atoms with Crippen molar-refractivity contribution in [2.45, 2.75) is 25.4 Å². The number of Topliss-reactive ketones (excluding diaryl/α,β-unsaturated/α-hetero) is 1. The number of amides is 1. The average Bonchev–Trinajstić information content (AvgIpc) is 3.30. The third kappa shape index (κ3) is 5.55. The maximum atomic E-state index is 12.8. The van der Waals surface area contributed by atoms with Crippen molar-refractivity contribution in [1.29, 1.82) is 0 Å². The van der Waals surface area contributed by atoms with Crippen LogP contribution in [0.25, 0.3) is 10.9 Å². The molecule has 0 aliphatic carbocycles. The van der Waals surface area contributed by atoms with Crippen molar-refractivity contribution in [3.05, 3.63) is 75.5 Å². The molecule has 7 nitrogen and oxygen atoms in total. The first-order valence-corrected chi connectivity index (χ1v) is 12.0. The number of fused-ring (bicyclic) bond motifs is 1. The zero-order valence-electron chi connectivity index (χ0n) is 18.4. The molecule has 4 aromatic rings. The summed E-state index contributed by atoms with van der Waals surface area (Å²) in [5, 5.41) is 4.48. The lowest BCUT2D eigenvalue weighted by Crippen LogP contribution is -2.22. The third-order valence-corrected chi connectivity index (χ3v) is 6.97. The molecule has 0 fully saturated rings. The van der Waals surface area contributed by atoms with Gasteiger partial charge in [-0.3, -0.25) is 14.6 Å². The molecule has 0 atom stereocenters. The van der Waals surface area contributed by atoms with Crippen molar-refractivity contribution in [2.24, 2.45) is 0 Å². The predicted octanol–water partition coefficient (Wildman–Crippen LogP) is 4.62. The van der Waals surface area contributed by atoms with Gasteiger partial charge in [0.2, 0.25) is 0 Å². The molecule has 0 saturated heterocycles. The van der Waals surface area contributed by atoms with Gasteiger partial charge in [0.1, 0.15) is 16.6 Å². The van der Waals surface area contributed by atoms with Crippen LogP contribution in [0.3, 0.4) is 0 Å². The predicted molar refractivity (Wildman–Crippen MR) is 130 cm³/mol. The minimum atomic E-state index is -0.194. The summed E-state index contributed by atoms with van der Waals surface area (Å²) in [6.45, 7) is 4.06. The molecule has 4 rings (SSSR count). The van der Waals surface area contributed by atoms with Crippen LogP contribution >= 0.6 is 23.1 Å². The minimum absolute atomic E-state index is 0.0117. The Hall–Kier alpha value is -3.30. The maximum Gasteiger partial charge on any atom is 0.253 e. The Morgan fingerprint density at radius 1 is 1.09 bits per heavy atom. The zero-order valence-corrected chi connectivity index (χ0v) is 20.0. The Morgan fingerprint density at radius 3 is 2.70 bits per heavy atom. The largest absolute Gasteiger partial charge is 0.497 e. The second-order valence-electron chi connectivity index (χ2n) is 7.31. The Bertz CT molecular complexity index is 1320. The van der Waals surface area contributed by atoms with E-state index in [4.69, 9.17) is 4.74 Å². The highest BCUT2D eigenvalue weighted by Crippen LogP contribution is 2.29. The summed E-state index contributed by atoms with van der Waals surface area (Å²) in [4.78, 5) is 39.7. The topological polar surface area (TPSA) is 94.1 Å². The lowest BCUT2D eigenvalue weighted by atomic mass is 10.2. The van der Waals surface area contributed by atoms with E-state index in [0.29, 0.717) is 22.8 Å². The fraction of sp³-hybridized carbons (Fsp3) is 0.208. The van der Waals surface area contributed by atoms with E-state index in [0.717, 1.165) is 32.2 Å². The normalized spacial score (nSPS) is 10.9. The first-order chi connectivity index (χ1) is 15.9. The quantitative estimate of drug-likeness (QED) is 0.224. The van der Waals surface area contributed by atoms with Gasteiger partial charge in [-0.1, -0.05) is 11.8 Å². The number of rotatable bonds is 8. The number of ketones is 1. The molecule has 0 aliphatic heterocycles. The number of carbonyl (C=O) groups excluding carboxylic acids is 2. The van der Waals surface area contributed by atoms with Gasteiger partial charge in [-0.25, -0.2) is 9.97 Å². The van der Waals surface area contributed by atoms with Crippen LogP contribution < -0.4 is 10.1 Å². The molecule has 0 spiro atoms. The molecule has 168 valence electrons. The van der Waals surface area contributed by atoms with Crippen molar-refractivity contribution in [1.82, 2.24) is 20.3 Å². The van der Waals surface area contributed by atoms with E-state index in [9.17, 15) is 9.59 Å². The smallest absolute Gasteiger partial charge is 0.253 e. The van der Waals surface area contributed by atoms with Crippen LogP contribution in [0.15, 0.2) is 53.7 Å². The number of nitrogens with one attached hydrogen (secondary N) is 1. The highest BCUT2D eigenvalue weighted by atomic mass is 32.2. The average molecular weight is 479 g/mol. The van der Waals surface area contributed by atoms with Crippen molar-refractivity contribution >= 4 is 45.7 Å². The second kappa shape index (κ2) is 10.1. The number of thiophene rings is 1. The van der Waals surface area contributed by atoms with Crippen molar-refractivity contribution in [2.75, 3.05) is 12.9 Å². The number of hydrogen-bond donors (Lipinski definition) is 1. The van der Waals surface area contributed by atoms with Crippen LogP contribution in [0.1, 0.15) is 36.4 Å². The van der Waals surface area contributed by atoms with Crippen molar-refractivity contribution in [3.8, 4) is 5.75 Å². The summed E-state index contributed by atoms with van der Waals surface area (Å²) < 4.78 is 5.31. The van der Waals surface area contributed by atoms with Crippen LogP contribution in [0, 0.1) is 13.8 Å². The maximum absolute atomic E-state index is 12.8. The first-order valence-electron chi connectivity index (χ1n) is 10.2. The van der Waals surface area contributed by atoms with E-state index in [-0.39, 0.29) is 17.4 Å². The lowest BCUT2D eigenvalue weighted by Gasteiger charge is -2.08. The first kappa shape index (κ1) is 22.9. The van der Waals surface area contributed by atoms with Gasteiger partial charge in [0, 0.05) is 22.2 Å². The Labute approximate surface area is 199 Å². The molecular weight excluding hydrogens is 456 g/mol. The minimum Gasteiger partial charge on any atom is -0.497 e. The number of nitrogens with zero attached hydrogens (tertiary/aromatic N) is 3. The molecule has 1 aromatic carbocycles. The number of ether oxygens (including phenoxy) is 1. The van der Waals surface area contributed by atoms with Gasteiger partial charge in [-0.05, 0) is 56.3 Å². The Balaban J connectivity index is 1.39. The summed E-state index contributed by atoms with van der Waals surface area (Å²) in [7, 11) is 1.61. The molecule has 0 bridgehead atoms. The van der Waals surface area contributed by atoms with E-state index in [1.807, 2.05) is 38.1 Å². The summed E-state index contributed by atoms with van der Waals surface area (Å²) in [6, 6.07) is 12.8. The van der Waals surface area contributed by atoms with Crippen molar-refractivity contribution in [3.63, 3.8) is 0 Å². The fourth-order valence-corrected chi connectivity index (χ4v) is 5.04. The zero-order chi connectivity index (χ0) is 23.4. The number of carbonyl (C=O) groups is 2. The second-order valence-corrected chi connectivity index (χ2v) is 9.44. The molecule has 1 N–H and O–H groups in total. The van der Waals surface area contributed by atoms with E-state index >= 15 is 0 Å². The summed E-state index contributed by atoms with van der Waals surface area (Å²) in [5.74, 6) is 1.44. The number of hydrogen-bond acceptors (Lipinski definition) is 8. The monoisotopic (exact) mass is 478 g/mol. The van der Waals surface area contributed by atoms with Gasteiger partial charge in [0.05, 0.1) is 35.4 Å². The summed E-state index contributed by atoms with van der Waals surface area (Å²) >= 11 is 2.77. The van der Waals surface area contributed by atoms with E-state index < -0.39 is 0 Å². The number of aromatic nitrogens is 3. The molecule has 0 unspecified atom stereocenters. The van der Waals surface area contributed by atoms with Crippen LogP contribution in [0.2, 0.25) is 0 Å². The SMILES string of the molecule is COc1ccc2nc(C)nc(SCC(=O)c3ccc(CNC(=O)c4ccc(C)nc4)s3)c2c1. The van der Waals surface area contributed by atoms with Gasteiger partial charge in [-0.2, -0.15) is 0 Å². The molecule has 9 heteroatoms. The number of pyridine rings is 1. The van der Waals surface area contributed by atoms with Crippen LogP contribution in [-0.2, 0) is 6.54 Å². The van der Waals surface area contributed by atoms with E-state index in [1.165, 1.54) is 23.1 Å². The number of aryl methyl sites for hydroxylation is 2. The summed E-state index contributed by atoms with van der Waals surface area (Å²) in [5.41, 5.74) is 2.18. The molecular formula is C24H22N4O3S2. The third-order valence-electron chi connectivity index (χ3n) is 4.85. The van der Waals surface area contributed by atoms with Gasteiger partial charge in [0.25, 0.3) is 5.91 Å². The fourth-order valence-electron chi connectivity index (χ4n) is 3.13. The van der Waals surface area contributed by atoms with Gasteiger partial charge in [-0.15, -0.1) is 11.3 Å². The summed E-state index contributed by atoms with van der Waals surface area (Å²) in [6.07, 6.45) is 1.55.